The summed E-state index contributed by atoms with van der Waals surface area (Å²) in [5.41, 5.74) is 0.458. The SMILES string of the molecule is OC(CCC(F)(F)F)Cc1cccc(F)c1Br. The Morgan fingerprint density at radius 3 is 2.53 bits per heavy atom. The van der Waals surface area contributed by atoms with Gasteiger partial charge in [-0.15, -0.1) is 0 Å². The lowest BCUT2D eigenvalue weighted by Gasteiger charge is -2.13. The third kappa shape index (κ3) is 5.04. The average molecular weight is 315 g/mol. The Kier molecular flexibility index (Phi) is 4.94. The van der Waals surface area contributed by atoms with Crippen molar-refractivity contribution in [2.45, 2.75) is 31.5 Å². The van der Waals surface area contributed by atoms with Gasteiger partial charge in [-0.1, -0.05) is 12.1 Å². The van der Waals surface area contributed by atoms with Crippen molar-refractivity contribution < 1.29 is 22.7 Å². The highest BCUT2D eigenvalue weighted by Crippen LogP contribution is 2.25. The van der Waals surface area contributed by atoms with Crippen LogP contribution >= 0.6 is 15.9 Å². The van der Waals surface area contributed by atoms with Gasteiger partial charge < -0.3 is 5.11 Å². The molecular formula is C11H11BrF4O. The van der Waals surface area contributed by atoms with E-state index in [0.29, 0.717) is 5.56 Å². The van der Waals surface area contributed by atoms with Gasteiger partial charge in [-0.05, 0) is 40.4 Å². The van der Waals surface area contributed by atoms with Crippen molar-refractivity contribution in [1.29, 1.82) is 0 Å². The van der Waals surface area contributed by atoms with E-state index in [1.165, 1.54) is 12.1 Å². The van der Waals surface area contributed by atoms with Crippen molar-refractivity contribution in [2.75, 3.05) is 0 Å². The van der Waals surface area contributed by atoms with Gasteiger partial charge in [0.15, 0.2) is 0 Å². The van der Waals surface area contributed by atoms with Gasteiger partial charge in [-0.25, -0.2) is 4.39 Å². The van der Waals surface area contributed by atoms with Crippen LogP contribution in [0.15, 0.2) is 22.7 Å². The number of benzene rings is 1. The van der Waals surface area contributed by atoms with Crippen LogP contribution in [-0.4, -0.2) is 17.4 Å². The van der Waals surface area contributed by atoms with Crippen LogP contribution in [0.25, 0.3) is 0 Å². The Labute approximate surface area is 105 Å². The topological polar surface area (TPSA) is 20.2 Å². The molecule has 0 radical (unpaired) electrons. The zero-order valence-corrected chi connectivity index (χ0v) is 10.4. The second kappa shape index (κ2) is 5.82. The van der Waals surface area contributed by atoms with E-state index in [1.54, 1.807) is 6.07 Å². The minimum atomic E-state index is -4.28. The van der Waals surface area contributed by atoms with Gasteiger partial charge in [-0.3, -0.25) is 0 Å². The predicted octanol–water partition coefficient (Wildman–Crippen LogP) is 3.83. The number of aliphatic hydroxyl groups excluding tert-OH is 1. The van der Waals surface area contributed by atoms with Gasteiger partial charge >= 0.3 is 6.18 Å². The second-order valence-electron chi connectivity index (χ2n) is 3.72. The molecule has 1 aromatic rings. The molecule has 1 rings (SSSR count). The van der Waals surface area contributed by atoms with Gasteiger partial charge in [0.2, 0.25) is 0 Å². The summed E-state index contributed by atoms with van der Waals surface area (Å²) in [6.45, 7) is 0. The number of rotatable bonds is 4. The van der Waals surface area contributed by atoms with E-state index in [4.69, 9.17) is 0 Å². The molecular weight excluding hydrogens is 304 g/mol. The van der Waals surface area contributed by atoms with E-state index in [9.17, 15) is 22.7 Å². The maximum absolute atomic E-state index is 13.1. The van der Waals surface area contributed by atoms with Crippen LogP contribution in [0, 0.1) is 5.82 Å². The Hall–Kier alpha value is -0.620. The second-order valence-corrected chi connectivity index (χ2v) is 4.52. The van der Waals surface area contributed by atoms with Gasteiger partial charge in [0, 0.05) is 6.42 Å². The van der Waals surface area contributed by atoms with Gasteiger partial charge in [0.1, 0.15) is 5.82 Å². The lowest BCUT2D eigenvalue weighted by Crippen LogP contribution is -2.16. The molecule has 1 unspecified atom stereocenters. The third-order valence-electron chi connectivity index (χ3n) is 2.25. The molecule has 1 atom stereocenters. The zero-order chi connectivity index (χ0) is 13.1. The molecule has 0 amide bonds. The molecule has 0 saturated heterocycles. The Morgan fingerprint density at radius 1 is 1.29 bits per heavy atom. The Morgan fingerprint density at radius 2 is 1.94 bits per heavy atom. The lowest BCUT2D eigenvalue weighted by molar-refractivity contribution is -0.139. The number of halogens is 5. The summed E-state index contributed by atoms with van der Waals surface area (Å²) in [5.74, 6) is -0.495. The van der Waals surface area contributed by atoms with E-state index in [-0.39, 0.29) is 17.3 Å². The first-order valence-corrected chi connectivity index (χ1v) is 5.76. The van der Waals surface area contributed by atoms with Crippen LogP contribution in [0.4, 0.5) is 17.6 Å². The van der Waals surface area contributed by atoms with Crippen LogP contribution < -0.4 is 0 Å². The molecule has 0 aliphatic carbocycles. The van der Waals surface area contributed by atoms with E-state index in [2.05, 4.69) is 15.9 Å². The Bertz CT molecular complexity index is 378. The maximum Gasteiger partial charge on any atom is 0.389 e. The molecule has 0 aliphatic heterocycles. The van der Waals surface area contributed by atoms with Crippen LogP contribution in [0.3, 0.4) is 0 Å². The van der Waals surface area contributed by atoms with E-state index in [0.717, 1.165) is 0 Å². The quantitative estimate of drug-likeness (QED) is 0.837. The summed E-state index contributed by atoms with van der Waals surface area (Å²) in [4.78, 5) is 0. The smallest absolute Gasteiger partial charge is 0.389 e. The molecule has 1 nitrogen and oxygen atoms in total. The predicted molar refractivity (Wildman–Crippen MR) is 59.1 cm³/mol. The average Bonchev–Trinajstić information content (AvgIpc) is 2.21. The summed E-state index contributed by atoms with van der Waals surface area (Å²) in [5, 5.41) is 9.44. The lowest BCUT2D eigenvalue weighted by atomic mass is 10.0. The maximum atomic E-state index is 13.1. The van der Waals surface area contributed by atoms with Gasteiger partial charge in [0.25, 0.3) is 0 Å². The Balaban J connectivity index is 2.56. The molecule has 0 spiro atoms. The molecule has 0 heterocycles. The molecule has 1 aromatic carbocycles. The molecule has 0 bridgehead atoms. The fraction of sp³-hybridized carbons (Fsp3) is 0.455. The van der Waals surface area contributed by atoms with Crippen molar-refractivity contribution in [3.8, 4) is 0 Å². The highest BCUT2D eigenvalue weighted by atomic mass is 79.9. The van der Waals surface area contributed by atoms with E-state index >= 15 is 0 Å². The van der Waals surface area contributed by atoms with Crippen molar-refractivity contribution in [2.24, 2.45) is 0 Å². The monoisotopic (exact) mass is 314 g/mol. The fourth-order valence-corrected chi connectivity index (χ4v) is 1.82. The summed E-state index contributed by atoms with van der Waals surface area (Å²) >= 11 is 2.99. The molecule has 17 heavy (non-hydrogen) atoms. The zero-order valence-electron chi connectivity index (χ0n) is 8.77. The van der Waals surface area contributed by atoms with Crippen LogP contribution in [0.2, 0.25) is 0 Å². The first-order valence-electron chi connectivity index (χ1n) is 4.97. The molecule has 0 saturated carbocycles. The van der Waals surface area contributed by atoms with Crippen LogP contribution in [0.5, 0.6) is 0 Å². The molecule has 0 aromatic heterocycles. The highest BCUT2D eigenvalue weighted by molar-refractivity contribution is 9.10. The summed E-state index contributed by atoms with van der Waals surface area (Å²) in [6, 6.07) is 4.24. The van der Waals surface area contributed by atoms with Crippen molar-refractivity contribution in [3.63, 3.8) is 0 Å². The van der Waals surface area contributed by atoms with Crippen LogP contribution in [0.1, 0.15) is 18.4 Å². The standard InChI is InChI=1S/C11H11BrF4O/c12-10-7(2-1-3-9(10)13)6-8(17)4-5-11(14,15)16/h1-3,8,17H,4-6H2. The van der Waals surface area contributed by atoms with Crippen molar-refractivity contribution in [1.82, 2.24) is 0 Å². The number of alkyl halides is 3. The fourth-order valence-electron chi connectivity index (χ4n) is 1.39. The minimum Gasteiger partial charge on any atom is -0.393 e. The number of aliphatic hydroxyl groups is 1. The van der Waals surface area contributed by atoms with E-state index < -0.39 is 24.5 Å². The third-order valence-corrected chi connectivity index (χ3v) is 3.14. The number of hydrogen-bond acceptors (Lipinski definition) is 1. The summed E-state index contributed by atoms with van der Waals surface area (Å²) in [7, 11) is 0. The molecule has 0 fully saturated rings. The minimum absolute atomic E-state index is 0.00553. The molecule has 6 heteroatoms. The van der Waals surface area contributed by atoms with Crippen molar-refractivity contribution >= 4 is 15.9 Å². The summed E-state index contributed by atoms with van der Waals surface area (Å²) < 4.78 is 49.0. The first kappa shape index (κ1) is 14.4. The van der Waals surface area contributed by atoms with Crippen LogP contribution in [-0.2, 0) is 6.42 Å². The highest BCUT2D eigenvalue weighted by Gasteiger charge is 2.28. The normalized spacial score (nSPS) is 13.8. The first-order chi connectivity index (χ1) is 7.79. The summed E-state index contributed by atoms with van der Waals surface area (Å²) in [6.07, 6.45) is -6.84. The van der Waals surface area contributed by atoms with E-state index in [1.807, 2.05) is 0 Å². The number of hydrogen-bond donors (Lipinski definition) is 1. The molecule has 0 aliphatic rings. The van der Waals surface area contributed by atoms with Gasteiger partial charge in [0.05, 0.1) is 10.6 Å². The van der Waals surface area contributed by atoms with Crippen molar-refractivity contribution in [3.05, 3.63) is 34.1 Å². The molecule has 1 N–H and O–H groups in total. The molecule has 96 valence electrons. The largest absolute Gasteiger partial charge is 0.393 e. The van der Waals surface area contributed by atoms with Gasteiger partial charge in [-0.2, -0.15) is 13.2 Å².